The van der Waals surface area contributed by atoms with E-state index in [4.69, 9.17) is 14.6 Å². The van der Waals surface area contributed by atoms with Crippen LogP contribution in [0.25, 0.3) is 83.9 Å². The van der Waals surface area contributed by atoms with E-state index in [9.17, 15) is 6.48 Å². The summed E-state index contributed by atoms with van der Waals surface area (Å²) in [7, 11) is 0. The molecule has 0 aliphatic heterocycles. The van der Waals surface area contributed by atoms with Crippen LogP contribution in [0.3, 0.4) is 0 Å². The predicted molar refractivity (Wildman–Crippen MR) is 279 cm³/mol. The summed E-state index contributed by atoms with van der Waals surface area (Å²) in [6, 6.07) is 37.7. The van der Waals surface area contributed by atoms with E-state index in [0.29, 0.717) is 22.5 Å². The lowest BCUT2D eigenvalue weighted by atomic mass is 9.79. The van der Waals surface area contributed by atoms with Crippen molar-refractivity contribution in [1.29, 1.82) is 0 Å². The number of phenols is 1. The molecule has 0 saturated carbocycles. The Labute approximate surface area is 403 Å². The monoisotopic (exact) mass is 872 g/mol. The molecule has 330 valence electrons. The molecule has 2 heterocycles. The summed E-state index contributed by atoms with van der Waals surface area (Å²) >= 11 is 0. The van der Waals surface area contributed by atoms with Crippen molar-refractivity contribution in [2.24, 2.45) is 0 Å². The zero-order valence-electron chi connectivity index (χ0n) is 47.5. The van der Waals surface area contributed by atoms with Crippen LogP contribution in [0.1, 0.15) is 114 Å². The summed E-state index contributed by atoms with van der Waals surface area (Å²) in [5.74, 6) is 0.840. The standard InChI is InChI=1S/C62H61N3O/c1-39(2)45-34-50(40(3)4)59(66)53(35-45)60-64-58-49(46-31-47(33-48(32-46)61(5,6)7)55-36-44(29-30-63-55)41-21-14-11-15-22-41)27-20-28-56(58)65(60)57-38-51(42-23-16-12-17-24-42)54(62(8,9)10)37-52(57)43-25-18-13-19-26-43/h11-40,66H,1-10H3/i11D,14D,15D,21D,22D,29D,30D,36D. The maximum atomic E-state index is 12.6. The highest BCUT2D eigenvalue weighted by molar-refractivity contribution is 5.98. The van der Waals surface area contributed by atoms with Gasteiger partial charge in [-0.2, -0.15) is 0 Å². The van der Waals surface area contributed by atoms with Crippen molar-refractivity contribution in [2.75, 3.05) is 0 Å². The molecule has 0 unspecified atom stereocenters. The maximum absolute atomic E-state index is 12.6. The number of aromatic hydroxyl groups is 1. The Morgan fingerprint density at radius 3 is 1.86 bits per heavy atom. The minimum atomic E-state index is -0.601. The van der Waals surface area contributed by atoms with Crippen LogP contribution in [-0.2, 0) is 10.8 Å². The van der Waals surface area contributed by atoms with Crippen molar-refractivity contribution in [1.82, 2.24) is 14.5 Å². The van der Waals surface area contributed by atoms with Gasteiger partial charge in [-0.05, 0) is 127 Å². The number of benzene rings is 7. The minimum absolute atomic E-state index is 0.0000710. The zero-order valence-corrected chi connectivity index (χ0v) is 39.5. The summed E-state index contributed by atoms with van der Waals surface area (Å²) < 4.78 is 72.2. The number of phenolic OH excluding ortho intramolecular Hbond substituents is 1. The number of hydrogen-bond donors (Lipinski definition) is 1. The second-order valence-electron chi connectivity index (χ2n) is 19.9. The quantitative estimate of drug-likeness (QED) is 0.157. The number of para-hydroxylation sites is 1. The van der Waals surface area contributed by atoms with Crippen LogP contribution < -0.4 is 0 Å². The highest BCUT2D eigenvalue weighted by Crippen LogP contribution is 2.47. The lowest BCUT2D eigenvalue weighted by Gasteiger charge is -2.27. The maximum Gasteiger partial charge on any atom is 0.149 e. The molecule has 0 amide bonds. The molecule has 9 rings (SSSR count). The fourth-order valence-corrected chi connectivity index (χ4v) is 8.79. The van der Waals surface area contributed by atoms with Crippen LogP contribution in [0, 0.1) is 0 Å². The third-order valence-corrected chi connectivity index (χ3v) is 12.5. The minimum Gasteiger partial charge on any atom is -0.507 e. The highest BCUT2D eigenvalue weighted by Gasteiger charge is 2.28. The molecule has 0 saturated heterocycles. The molecule has 4 nitrogen and oxygen atoms in total. The van der Waals surface area contributed by atoms with Gasteiger partial charge in [-0.1, -0.05) is 184 Å². The van der Waals surface area contributed by atoms with E-state index in [1.807, 2.05) is 48.5 Å². The molecule has 0 radical (unpaired) electrons. The molecule has 66 heavy (non-hydrogen) atoms. The third-order valence-electron chi connectivity index (χ3n) is 12.5. The summed E-state index contributed by atoms with van der Waals surface area (Å²) in [5.41, 5.74) is 11.5. The first-order chi connectivity index (χ1) is 34.9. The lowest BCUT2D eigenvalue weighted by Crippen LogP contribution is -2.14. The zero-order chi connectivity index (χ0) is 53.5. The van der Waals surface area contributed by atoms with Crippen molar-refractivity contribution in [2.45, 2.75) is 91.9 Å². The van der Waals surface area contributed by atoms with Gasteiger partial charge in [-0.25, -0.2) is 4.98 Å². The SMILES string of the molecule is [2H]c1nc(-c2cc(-c3cccc4c3nc(-c3cc(C(C)C)cc(C(C)C)c3O)n4-c3cc(-c4ccccc4)c(C(C)(C)C)cc3-c3ccccc3)cc(C(C)(C)C)c2)c([2H])c(-c2c([2H])c([2H])c([2H])c([2H])c2[2H])c1[2H]. The summed E-state index contributed by atoms with van der Waals surface area (Å²) in [4.78, 5) is 10.2. The van der Waals surface area contributed by atoms with Gasteiger partial charge in [0.05, 0.1) is 38.9 Å². The smallest absolute Gasteiger partial charge is 0.149 e. The normalized spacial score (nSPS) is 13.8. The molecule has 0 bridgehead atoms. The number of imidazole rings is 1. The van der Waals surface area contributed by atoms with Crippen molar-refractivity contribution in [3.63, 3.8) is 0 Å². The molecule has 1 N–H and O–H groups in total. The van der Waals surface area contributed by atoms with Gasteiger partial charge in [0.2, 0.25) is 0 Å². The van der Waals surface area contributed by atoms with Crippen molar-refractivity contribution in [3.8, 4) is 78.6 Å². The predicted octanol–water partition coefficient (Wildman–Crippen LogP) is 17.0. The van der Waals surface area contributed by atoms with Gasteiger partial charge >= 0.3 is 0 Å². The first-order valence-electron chi connectivity index (χ1n) is 26.8. The van der Waals surface area contributed by atoms with Crippen molar-refractivity contribution >= 4 is 11.0 Å². The van der Waals surface area contributed by atoms with Crippen molar-refractivity contribution < 1.29 is 16.1 Å². The Kier molecular flexibility index (Phi) is 9.29. The Hall–Kier alpha value is -7.04. The third kappa shape index (κ3) is 8.49. The molecule has 0 aliphatic rings. The Balaban J connectivity index is 1.41. The first kappa shape index (κ1) is 35.2. The van der Waals surface area contributed by atoms with Crippen LogP contribution in [0.4, 0.5) is 0 Å². The Bertz CT molecular complexity index is 3650. The van der Waals surface area contributed by atoms with Crippen LogP contribution in [-0.4, -0.2) is 19.6 Å². The summed E-state index contributed by atoms with van der Waals surface area (Å²) in [5, 5.41) is 12.6. The van der Waals surface area contributed by atoms with E-state index >= 15 is 0 Å². The number of nitrogens with zero attached hydrogens (tertiary/aromatic N) is 3. The van der Waals surface area contributed by atoms with Gasteiger partial charge in [0.1, 0.15) is 11.6 Å². The van der Waals surface area contributed by atoms with Crippen LogP contribution in [0.5, 0.6) is 5.75 Å². The molecule has 0 aliphatic carbocycles. The van der Waals surface area contributed by atoms with Gasteiger partial charge in [0, 0.05) is 22.9 Å². The fraction of sp³-hybridized carbons (Fsp3) is 0.226. The van der Waals surface area contributed by atoms with Crippen LogP contribution in [0.15, 0.2) is 170 Å². The molecular formula is C62H61N3O. The highest BCUT2D eigenvalue weighted by atomic mass is 16.3. The van der Waals surface area contributed by atoms with E-state index < -0.39 is 47.8 Å². The largest absolute Gasteiger partial charge is 0.507 e. The number of pyridine rings is 1. The van der Waals surface area contributed by atoms with Gasteiger partial charge in [-0.15, -0.1) is 0 Å². The van der Waals surface area contributed by atoms with Gasteiger partial charge in [-0.3, -0.25) is 9.55 Å². The molecular weight excluding hydrogens is 803 g/mol. The number of rotatable bonds is 9. The molecule has 7 aromatic carbocycles. The molecule has 2 aromatic heterocycles. The molecule has 9 aromatic rings. The molecule has 0 fully saturated rings. The summed E-state index contributed by atoms with van der Waals surface area (Å²) in [6.45, 7) is 21.4. The fourth-order valence-electron chi connectivity index (χ4n) is 8.79. The van der Waals surface area contributed by atoms with E-state index in [-0.39, 0.29) is 45.9 Å². The average molecular weight is 872 g/mol. The average Bonchev–Trinajstić information content (AvgIpc) is 3.76. The molecule has 4 heteroatoms. The Morgan fingerprint density at radius 2 is 1.23 bits per heavy atom. The Morgan fingerprint density at radius 1 is 0.561 bits per heavy atom. The molecule has 0 atom stereocenters. The van der Waals surface area contributed by atoms with Crippen molar-refractivity contribution in [3.05, 3.63) is 192 Å². The molecule has 0 spiro atoms. The van der Waals surface area contributed by atoms with Crippen LogP contribution in [0.2, 0.25) is 0 Å². The topological polar surface area (TPSA) is 50.9 Å². The van der Waals surface area contributed by atoms with Gasteiger partial charge < -0.3 is 5.11 Å². The second kappa shape index (κ2) is 17.4. The van der Waals surface area contributed by atoms with Crippen LogP contribution >= 0.6 is 0 Å². The second-order valence-corrected chi connectivity index (χ2v) is 19.9. The van der Waals surface area contributed by atoms with E-state index in [2.05, 4.69) is 152 Å². The first-order valence-corrected chi connectivity index (χ1v) is 22.8. The lowest BCUT2D eigenvalue weighted by molar-refractivity contribution is 0.466. The van der Waals surface area contributed by atoms with E-state index in [1.165, 1.54) is 5.56 Å². The van der Waals surface area contributed by atoms with E-state index in [0.717, 1.165) is 61.3 Å². The van der Waals surface area contributed by atoms with E-state index in [1.54, 1.807) is 0 Å². The summed E-state index contributed by atoms with van der Waals surface area (Å²) in [6.07, 6.45) is -0.503. The number of hydrogen-bond acceptors (Lipinski definition) is 3. The number of fused-ring (bicyclic) bond motifs is 1. The van der Waals surface area contributed by atoms with Gasteiger partial charge in [0.25, 0.3) is 0 Å². The number of aromatic nitrogens is 3. The van der Waals surface area contributed by atoms with Gasteiger partial charge in [0.15, 0.2) is 0 Å².